The molecule has 5 nitrogen and oxygen atoms in total. The number of carbonyl (C=O) groups excluding carboxylic acids is 2. The summed E-state index contributed by atoms with van der Waals surface area (Å²) in [4.78, 5) is 25.3. The number of allylic oxidation sites excluding steroid dienone is 13. The first kappa shape index (κ1) is 57.1. The van der Waals surface area contributed by atoms with E-state index in [0.29, 0.717) is 13.0 Å². The Kier molecular flexibility index (Phi) is 48.0. The first-order valence-electron chi connectivity index (χ1n) is 25.1. The summed E-state index contributed by atoms with van der Waals surface area (Å²) in [7, 11) is 0. The molecule has 0 aliphatic rings. The van der Waals surface area contributed by atoms with Crippen molar-refractivity contribution >= 4 is 11.9 Å². The molecule has 1 unspecified atom stereocenters. The van der Waals surface area contributed by atoms with E-state index in [9.17, 15) is 9.59 Å². The van der Waals surface area contributed by atoms with Crippen LogP contribution in [0.15, 0.2) is 85.1 Å². The average Bonchev–Trinajstić information content (AvgIpc) is 3.25. The van der Waals surface area contributed by atoms with Crippen LogP contribution in [0, 0.1) is 0 Å². The van der Waals surface area contributed by atoms with E-state index in [2.05, 4.69) is 93.7 Å². The summed E-state index contributed by atoms with van der Waals surface area (Å²) in [5.74, 6) is -0.551. The summed E-state index contributed by atoms with van der Waals surface area (Å²) in [6, 6.07) is 0. The average molecular weight is 835 g/mol. The van der Waals surface area contributed by atoms with Gasteiger partial charge in [0.25, 0.3) is 0 Å². The summed E-state index contributed by atoms with van der Waals surface area (Å²) in [6.45, 7) is 7.58. The van der Waals surface area contributed by atoms with Crippen LogP contribution in [0.2, 0.25) is 0 Å². The molecule has 0 radical (unpaired) electrons. The second kappa shape index (κ2) is 50.4. The van der Waals surface area contributed by atoms with Crippen LogP contribution in [0.25, 0.3) is 0 Å². The number of carbonyl (C=O) groups is 2. The first-order valence-corrected chi connectivity index (χ1v) is 25.1. The molecule has 0 amide bonds. The van der Waals surface area contributed by atoms with Crippen LogP contribution in [-0.4, -0.2) is 37.9 Å². The zero-order valence-electron chi connectivity index (χ0n) is 39.5. The minimum absolute atomic E-state index is 0.0401. The summed E-state index contributed by atoms with van der Waals surface area (Å²) >= 11 is 0. The van der Waals surface area contributed by atoms with Crippen molar-refractivity contribution in [3.8, 4) is 0 Å². The summed E-state index contributed by atoms with van der Waals surface area (Å²) in [6.07, 6.45) is 66.1. The molecule has 344 valence electrons. The Bertz CT molecular complexity index is 1130. The zero-order valence-corrected chi connectivity index (χ0v) is 39.5. The molecule has 0 spiro atoms. The number of esters is 2. The quantitative estimate of drug-likeness (QED) is 0.0347. The molecule has 0 N–H and O–H groups in total. The van der Waals surface area contributed by atoms with Crippen LogP contribution in [0.4, 0.5) is 0 Å². The molecule has 0 aromatic rings. The van der Waals surface area contributed by atoms with Gasteiger partial charge in [-0.25, -0.2) is 0 Å². The van der Waals surface area contributed by atoms with Crippen molar-refractivity contribution in [3.05, 3.63) is 85.1 Å². The number of rotatable bonds is 45. The van der Waals surface area contributed by atoms with Gasteiger partial charge in [-0.1, -0.05) is 221 Å². The lowest BCUT2D eigenvalue weighted by molar-refractivity contribution is -0.162. The molecule has 0 aromatic carbocycles. The maximum absolute atomic E-state index is 12.7. The Morgan fingerprint density at radius 2 is 0.800 bits per heavy atom. The Labute approximate surface area is 371 Å². The summed E-state index contributed by atoms with van der Waals surface area (Å²) in [5.41, 5.74) is 0. The van der Waals surface area contributed by atoms with Gasteiger partial charge >= 0.3 is 11.9 Å². The van der Waals surface area contributed by atoms with Crippen LogP contribution < -0.4 is 0 Å². The molecule has 0 aliphatic carbocycles. The van der Waals surface area contributed by atoms with Crippen molar-refractivity contribution < 1.29 is 23.8 Å². The molecule has 0 fully saturated rings. The number of ether oxygens (including phenoxy) is 3. The zero-order chi connectivity index (χ0) is 43.5. The summed E-state index contributed by atoms with van der Waals surface area (Å²) < 4.78 is 17.3. The molecule has 0 saturated carbocycles. The van der Waals surface area contributed by atoms with Gasteiger partial charge in [-0.05, 0) is 77.0 Å². The first-order chi connectivity index (χ1) is 29.6. The number of hydrogen-bond acceptors (Lipinski definition) is 5. The fraction of sp³-hybridized carbons (Fsp3) is 0.709. The van der Waals surface area contributed by atoms with Gasteiger partial charge in [0.2, 0.25) is 0 Å². The van der Waals surface area contributed by atoms with Gasteiger partial charge in [-0.3, -0.25) is 9.59 Å². The molecule has 60 heavy (non-hydrogen) atoms. The van der Waals surface area contributed by atoms with Crippen molar-refractivity contribution in [1.29, 1.82) is 0 Å². The van der Waals surface area contributed by atoms with E-state index in [1.807, 2.05) is 12.2 Å². The highest BCUT2D eigenvalue weighted by atomic mass is 16.6. The molecule has 0 rings (SSSR count). The Morgan fingerprint density at radius 3 is 1.32 bits per heavy atom. The topological polar surface area (TPSA) is 61.8 Å². The maximum atomic E-state index is 12.7. The molecule has 0 aromatic heterocycles. The van der Waals surface area contributed by atoms with Crippen LogP contribution in [-0.2, 0) is 23.8 Å². The van der Waals surface area contributed by atoms with E-state index in [0.717, 1.165) is 70.6 Å². The van der Waals surface area contributed by atoms with Gasteiger partial charge in [-0.15, -0.1) is 0 Å². The van der Waals surface area contributed by atoms with E-state index < -0.39 is 6.10 Å². The SMILES string of the molecule is CC/C=C\C/C=C\C/C=C\C/C=C\C/C=C\CC(=O)OC(COCCCCCCCCCCCCCC)COC(=O)CCCCCCCCC/C=C\C/C=C\CCCCC. The third-order valence-electron chi connectivity index (χ3n) is 10.4. The van der Waals surface area contributed by atoms with Crippen LogP contribution >= 0.6 is 0 Å². The number of unbranched alkanes of at least 4 members (excludes halogenated alkanes) is 21. The molecule has 1 atom stereocenters. The van der Waals surface area contributed by atoms with Gasteiger partial charge in [0.05, 0.1) is 13.0 Å². The highest BCUT2D eigenvalue weighted by Crippen LogP contribution is 2.13. The molecule has 0 heterocycles. The highest BCUT2D eigenvalue weighted by molar-refractivity contribution is 5.71. The predicted molar refractivity (Wildman–Crippen MR) is 260 cm³/mol. The van der Waals surface area contributed by atoms with Gasteiger partial charge < -0.3 is 14.2 Å². The van der Waals surface area contributed by atoms with Crippen LogP contribution in [0.5, 0.6) is 0 Å². The largest absolute Gasteiger partial charge is 0.462 e. The van der Waals surface area contributed by atoms with E-state index in [1.165, 1.54) is 122 Å². The lowest BCUT2D eigenvalue weighted by Gasteiger charge is -2.18. The normalized spacial score (nSPS) is 12.9. The molecule has 0 bridgehead atoms. The molecular formula is C55H94O5. The third kappa shape index (κ3) is 47.8. The summed E-state index contributed by atoms with van der Waals surface area (Å²) in [5, 5.41) is 0. The van der Waals surface area contributed by atoms with Gasteiger partial charge in [-0.2, -0.15) is 0 Å². The van der Waals surface area contributed by atoms with Gasteiger partial charge in [0.1, 0.15) is 6.61 Å². The Balaban J connectivity index is 4.38. The van der Waals surface area contributed by atoms with E-state index in [4.69, 9.17) is 14.2 Å². The molecule has 0 aliphatic heterocycles. The van der Waals surface area contributed by atoms with Crippen molar-refractivity contribution in [2.24, 2.45) is 0 Å². The minimum atomic E-state index is -0.594. The molecule has 0 saturated heterocycles. The lowest BCUT2D eigenvalue weighted by atomic mass is 10.1. The van der Waals surface area contributed by atoms with E-state index in [-0.39, 0.29) is 31.6 Å². The van der Waals surface area contributed by atoms with Crippen molar-refractivity contribution in [1.82, 2.24) is 0 Å². The van der Waals surface area contributed by atoms with Crippen LogP contribution in [0.1, 0.15) is 226 Å². The standard InChI is InChI=1S/C55H94O5/c1-4-7-10-13-16-19-22-25-27-28-30-31-33-36-39-42-45-48-54(56)59-52-53(51-58-50-47-44-41-38-35-24-21-18-15-12-9-6-3)60-55(57)49-46-43-40-37-34-32-29-26-23-20-17-14-11-8-5-2/h8,11,16-17,19-20,25-27,29,34,37,43,46,53H,4-7,9-10,12-15,18,21-24,28,30-33,35-36,38-42,44-45,47-52H2,1-3H3/b11-8-,19-16-,20-17-,27-25-,29-26-,37-34-,46-43-. The smallest absolute Gasteiger partial charge is 0.310 e. The highest BCUT2D eigenvalue weighted by Gasteiger charge is 2.17. The fourth-order valence-corrected chi connectivity index (χ4v) is 6.73. The van der Waals surface area contributed by atoms with E-state index >= 15 is 0 Å². The van der Waals surface area contributed by atoms with Crippen molar-refractivity contribution in [2.75, 3.05) is 19.8 Å². The van der Waals surface area contributed by atoms with Gasteiger partial charge in [0.15, 0.2) is 6.10 Å². The Morgan fingerprint density at radius 1 is 0.400 bits per heavy atom. The number of hydrogen-bond donors (Lipinski definition) is 0. The van der Waals surface area contributed by atoms with Crippen molar-refractivity contribution in [3.63, 3.8) is 0 Å². The minimum Gasteiger partial charge on any atom is -0.462 e. The fourth-order valence-electron chi connectivity index (χ4n) is 6.73. The maximum Gasteiger partial charge on any atom is 0.310 e. The second-order valence-electron chi connectivity index (χ2n) is 16.4. The second-order valence-corrected chi connectivity index (χ2v) is 16.4. The van der Waals surface area contributed by atoms with Crippen LogP contribution in [0.3, 0.4) is 0 Å². The molecule has 5 heteroatoms. The Hall–Kier alpha value is -2.92. The van der Waals surface area contributed by atoms with Gasteiger partial charge in [0, 0.05) is 13.0 Å². The predicted octanol–water partition coefficient (Wildman–Crippen LogP) is 16.9. The lowest BCUT2D eigenvalue weighted by Crippen LogP contribution is -2.29. The monoisotopic (exact) mass is 835 g/mol. The molecular weight excluding hydrogens is 741 g/mol. The van der Waals surface area contributed by atoms with E-state index in [1.54, 1.807) is 0 Å². The van der Waals surface area contributed by atoms with Crippen molar-refractivity contribution in [2.45, 2.75) is 232 Å². The third-order valence-corrected chi connectivity index (χ3v) is 10.4.